The van der Waals surface area contributed by atoms with Gasteiger partial charge in [0.15, 0.2) is 0 Å². The fraction of sp³-hybridized carbons (Fsp3) is 0.440. The largest absolute Gasteiger partial charge is 0.352 e. The van der Waals surface area contributed by atoms with Crippen LogP contribution in [0.4, 0.5) is 5.69 Å². The summed E-state index contributed by atoms with van der Waals surface area (Å²) in [5.41, 5.74) is 2.32. The number of carbonyl (C=O) groups excluding carboxylic acids is 2. The Balaban J connectivity index is 2.41. The molecule has 2 rings (SSSR count). The van der Waals surface area contributed by atoms with E-state index in [9.17, 15) is 18.0 Å². The van der Waals surface area contributed by atoms with Crippen molar-refractivity contribution in [3.8, 4) is 0 Å². The van der Waals surface area contributed by atoms with Crippen molar-refractivity contribution in [1.29, 1.82) is 0 Å². The Hall–Kier alpha value is -2.87. The van der Waals surface area contributed by atoms with Gasteiger partial charge in [-0.2, -0.15) is 0 Å². The SMILES string of the molecule is CCC(C)NC(=O)C(CC)N(Cc1cccc(C)c1)C(=O)CN(c1ccccc1)S(C)(=O)=O. The number of aryl methyl sites for hydroxylation is 1. The highest BCUT2D eigenvalue weighted by molar-refractivity contribution is 7.92. The molecule has 8 heteroatoms. The Kier molecular flexibility index (Phi) is 9.46. The molecule has 2 aromatic rings. The third-order valence-electron chi connectivity index (χ3n) is 5.55. The second-order valence-electron chi connectivity index (χ2n) is 8.36. The Morgan fingerprint density at radius 1 is 1.00 bits per heavy atom. The fourth-order valence-electron chi connectivity index (χ4n) is 3.58. The van der Waals surface area contributed by atoms with Gasteiger partial charge in [-0.05, 0) is 44.4 Å². The summed E-state index contributed by atoms with van der Waals surface area (Å²) in [6.07, 6.45) is 2.25. The van der Waals surface area contributed by atoms with Crippen molar-refractivity contribution in [2.75, 3.05) is 17.1 Å². The number of anilines is 1. The van der Waals surface area contributed by atoms with E-state index in [1.165, 1.54) is 4.90 Å². The highest BCUT2D eigenvalue weighted by atomic mass is 32.2. The molecule has 2 amide bonds. The maximum atomic E-state index is 13.6. The molecule has 0 bridgehead atoms. The number of nitrogens with one attached hydrogen (secondary N) is 1. The predicted octanol–water partition coefficient (Wildman–Crippen LogP) is 3.48. The molecule has 0 aromatic heterocycles. The molecule has 0 fully saturated rings. The molecule has 0 saturated carbocycles. The summed E-state index contributed by atoms with van der Waals surface area (Å²) in [6, 6.07) is 15.5. The van der Waals surface area contributed by atoms with E-state index in [0.717, 1.165) is 28.1 Å². The molecule has 0 heterocycles. The number of nitrogens with zero attached hydrogens (tertiary/aromatic N) is 2. The lowest BCUT2D eigenvalue weighted by Crippen LogP contribution is -2.53. The minimum atomic E-state index is -3.72. The summed E-state index contributed by atoms with van der Waals surface area (Å²) in [5, 5.41) is 2.96. The Bertz CT molecular complexity index is 1040. The Morgan fingerprint density at radius 2 is 1.67 bits per heavy atom. The average Bonchev–Trinajstić information content (AvgIpc) is 2.76. The molecular weight excluding hydrogens is 438 g/mol. The van der Waals surface area contributed by atoms with Crippen LogP contribution in [0.1, 0.15) is 44.7 Å². The highest BCUT2D eigenvalue weighted by Gasteiger charge is 2.32. The Labute approximate surface area is 197 Å². The quantitative estimate of drug-likeness (QED) is 0.541. The molecule has 2 unspecified atom stereocenters. The van der Waals surface area contributed by atoms with Crippen molar-refractivity contribution in [2.24, 2.45) is 0 Å². The highest BCUT2D eigenvalue weighted by Crippen LogP contribution is 2.19. The minimum absolute atomic E-state index is 0.0284. The molecule has 1 N–H and O–H groups in total. The number of amides is 2. The monoisotopic (exact) mass is 473 g/mol. The lowest BCUT2D eigenvalue weighted by Gasteiger charge is -2.33. The van der Waals surface area contributed by atoms with E-state index in [1.54, 1.807) is 30.3 Å². The van der Waals surface area contributed by atoms with Gasteiger partial charge in [0.25, 0.3) is 0 Å². The number of sulfonamides is 1. The van der Waals surface area contributed by atoms with Gasteiger partial charge < -0.3 is 10.2 Å². The number of hydrogen-bond acceptors (Lipinski definition) is 4. The van der Waals surface area contributed by atoms with E-state index in [0.29, 0.717) is 12.1 Å². The van der Waals surface area contributed by atoms with E-state index in [2.05, 4.69) is 5.32 Å². The molecule has 2 atom stereocenters. The summed E-state index contributed by atoms with van der Waals surface area (Å²) < 4.78 is 26.1. The number of benzene rings is 2. The van der Waals surface area contributed by atoms with Crippen LogP contribution >= 0.6 is 0 Å². The van der Waals surface area contributed by atoms with Gasteiger partial charge in [-0.1, -0.05) is 61.9 Å². The maximum Gasteiger partial charge on any atom is 0.244 e. The van der Waals surface area contributed by atoms with Crippen LogP contribution in [-0.4, -0.2) is 50.0 Å². The first-order valence-electron chi connectivity index (χ1n) is 11.2. The smallest absolute Gasteiger partial charge is 0.244 e. The fourth-order valence-corrected chi connectivity index (χ4v) is 4.43. The number of para-hydroxylation sites is 1. The van der Waals surface area contributed by atoms with Gasteiger partial charge in [-0.25, -0.2) is 8.42 Å². The predicted molar refractivity (Wildman–Crippen MR) is 132 cm³/mol. The molecule has 7 nitrogen and oxygen atoms in total. The van der Waals surface area contributed by atoms with Gasteiger partial charge >= 0.3 is 0 Å². The second kappa shape index (κ2) is 11.8. The molecule has 0 saturated heterocycles. The topological polar surface area (TPSA) is 86.8 Å². The van der Waals surface area contributed by atoms with E-state index in [4.69, 9.17) is 0 Å². The zero-order valence-electron chi connectivity index (χ0n) is 20.1. The summed E-state index contributed by atoms with van der Waals surface area (Å²) in [4.78, 5) is 28.1. The minimum Gasteiger partial charge on any atom is -0.352 e. The first kappa shape index (κ1) is 26.4. The molecular formula is C25H35N3O4S. The van der Waals surface area contributed by atoms with E-state index >= 15 is 0 Å². The van der Waals surface area contributed by atoms with Crippen LogP contribution in [0.3, 0.4) is 0 Å². The normalized spacial score (nSPS) is 13.1. The van der Waals surface area contributed by atoms with Crippen molar-refractivity contribution >= 4 is 27.5 Å². The van der Waals surface area contributed by atoms with Crippen LogP contribution in [-0.2, 0) is 26.2 Å². The van der Waals surface area contributed by atoms with Crippen molar-refractivity contribution < 1.29 is 18.0 Å². The first-order valence-corrected chi connectivity index (χ1v) is 13.1. The van der Waals surface area contributed by atoms with Gasteiger partial charge in [-0.3, -0.25) is 13.9 Å². The van der Waals surface area contributed by atoms with Gasteiger partial charge in [0.1, 0.15) is 12.6 Å². The lowest BCUT2D eigenvalue weighted by atomic mass is 10.1. The second-order valence-corrected chi connectivity index (χ2v) is 10.3. The molecule has 33 heavy (non-hydrogen) atoms. The molecule has 0 aliphatic rings. The third-order valence-corrected chi connectivity index (χ3v) is 6.69. The molecule has 0 aliphatic carbocycles. The van der Waals surface area contributed by atoms with Crippen LogP contribution in [0.15, 0.2) is 54.6 Å². The van der Waals surface area contributed by atoms with E-state index < -0.39 is 22.0 Å². The molecule has 2 aromatic carbocycles. The van der Waals surface area contributed by atoms with E-state index in [1.807, 2.05) is 52.0 Å². The average molecular weight is 474 g/mol. The van der Waals surface area contributed by atoms with Gasteiger partial charge in [0.2, 0.25) is 21.8 Å². The summed E-state index contributed by atoms with van der Waals surface area (Å²) in [5.74, 6) is -0.671. The molecule has 0 spiro atoms. The van der Waals surface area contributed by atoms with Crippen LogP contribution < -0.4 is 9.62 Å². The maximum absolute atomic E-state index is 13.6. The van der Waals surface area contributed by atoms with Gasteiger partial charge in [-0.15, -0.1) is 0 Å². The lowest BCUT2D eigenvalue weighted by molar-refractivity contribution is -0.140. The van der Waals surface area contributed by atoms with Crippen molar-refractivity contribution in [2.45, 2.75) is 59.2 Å². The number of rotatable bonds is 11. The zero-order valence-corrected chi connectivity index (χ0v) is 20.9. The standard InChI is InChI=1S/C25H35N3O4S/c1-6-20(4)26-25(30)23(7-2)27(17-21-13-11-12-19(3)16-21)24(29)18-28(33(5,31)32)22-14-9-8-10-15-22/h8-16,20,23H,6-7,17-18H2,1-5H3,(H,26,30). The number of hydrogen-bond donors (Lipinski definition) is 1. The number of carbonyl (C=O) groups is 2. The summed E-state index contributed by atoms with van der Waals surface area (Å²) in [7, 11) is -3.72. The van der Waals surface area contributed by atoms with Crippen molar-refractivity contribution in [1.82, 2.24) is 10.2 Å². The van der Waals surface area contributed by atoms with Crippen molar-refractivity contribution in [3.63, 3.8) is 0 Å². The van der Waals surface area contributed by atoms with Crippen LogP contribution in [0.25, 0.3) is 0 Å². The Morgan fingerprint density at radius 3 is 2.21 bits per heavy atom. The molecule has 180 valence electrons. The van der Waals surface area contributed by atoms with Crippen molar-refractivity contribution in [3.05, 3.63) is 65.7 Å². The van der Waals surface area contributed by atoms with Crippen LogP contribution in [0, 0.1) is 6.92 Å². The molecule has 0 radical (unpaired) electrons. The summed E-state index contributed by atoms with van der Waals surface area (Å²) >= 11 is 0. The zero-order chi connectivity index (χ0) is 24.6. The third kappa shape index (κ3) is 7.60. The van der Waals surface area contributed by atoms with E-state index in [-0.39, 0.29) is 25.0 Å². The first-order chi connectivity index (χ1) is 15.6. The van der Waals surface area contributed by atoms with Gasteiger partial charge in [0, 0.05) is 12.6 Å². The van der Waals surface area contributed by atoms with Crippen LogP contribution in [0.5, 0.6) is 0 Å². The van der Waals surface area contributed by atoms with Gasteiger partial charge in [0.05, 0.1) is 11.9 Å². The molecule has 0 aliphatic heterocycles. The summed E-state index contributed by atoms with van der Waals surface area (Å²) in [6.45, 7) is 7.52. The van der Waals surface area contributed by atoms with Crippen LogP contribution in [0.2, 0.25) is 0 Å².